The Morgan fingerprint density at radius 3 is 2.95 bits per heavy atom. The van der Waals surface area contributed by atoms with Gasteiger partial charge < -0.3 is 10.5 Å². The molecule has 1 aromatic carbocycles. The molecule has 2 N–H and O–H groups in total. The predicted octanol–water partition coefficient (Wildman–Crippen LogP) is 2.97. The number of anilines is 1. The van der Waals surface area contributed by atoms with Crippen LogP contribution in [0.2, 0.25) is 10.0 Å². The fraction of sp³-hybridized carbons (Fsp3) is 0.462. The number of tetrazole rings is 1. The monoisotopic (exact) mass is 327 g/mol. The van der Waals surface area contributed by atoms with Gasteiger partial charge in [0.15, 0.2) is 5.82 Å². The highest BCUT2D eigenvalue weighted by Gasteiger charge is 2.28. The normalized spacial score (nSPS) is 19.9. The van der Waals surface area contributed by atoms with Crippen molar-refractivity contribution in [2.75, 3.05) is 12.3 Å². The van der Waals surface area contributed by atoms with Gasteiger partial charge in [-0.2, -0.15) is 0 Å². The molecule has 1 aliphatic rings. The van der Waals surface area contributed by atoms with Crippen LogP contribution in [0.15, 0.2) is 12.1 Å². The van der Waals surface area contributed by atoms with Gasteiger partial charge in [0.2, 0.25) is 0 Å². The maximum Gasteiger partial charge on any atom is 0.184 e. The van der Waals surface area contributed by atoms with Gasteiger partial charge in [-0.1, -0.05) is 23.2 Å². The lowest BCUT2D eigenvalue weighted by Gasteiger charge is -2.20. The Morgan fingerprint density at radius 1 is 1.43 bits per heavy atom. The van der Waals surface area contributed by atoms with Gasteiger partial charge in [-0.3, -0.25) is 0 Å². The molecule has 0 radical (unpaired) electrons. The highest BCUT2D eigenvalue weighted by Crippen LogP contribution is 2.36. The zero-order valence-corrected chi connectivity index (χ0v) is 13.0. The summed E-state index contributed by atoms with van der Waals surface area (Å²) in [5.74, 6) is 0.539. The van der Waals surface area contributed by atoms with Gasteiger partial charge >= 0.3 is 0 Å². The Labute approximate surface area is 132 Å². The number of hydrogen-bond donors (Lipinski definition) is 1. The highest BCUT2D eigenvalue weighted by atomic mass is 35.5. The quantitative estimate of drug-likeness (QED) is 0.876. The minimum absolute atomic E-state index is 0.00812. The summed E-state index contributed by atoms with van der Waals surface area (Å²) >= 11 is 12.3. The molecule has 21 heavy (non-hydrogen) atoms. The molecule has 3 rings (SSSR count). The summed E-state index contributed by atoms with van der Waals surface area (Å²) < 4.78 is 7.42. The van der Waals surface area contributed by atoms with E-state index in [4.69, 9.17) is 33.7 Å². The highest BCUT2D eigenvalue weighted by molar-refractivity contribution is 6.43. The molecule has 2 unspecified atom stereocenters. The Morgan fingerprint density at radius 2 is 2.24 bits per heavy atom. The first kappa shape index (κ1) is 14.6. The average Bonchev–Trinajstić information content (AvgIpc) is 3.12. The Hall–Kier alpha value is -1.37. The molecular formula is C13H15Cl2N5O. The van der Waals surface area contributed by atoms with Crippen LogP contribution in [-0.4, -0.2) is 32.9 Å². The summed E-state index contributed by atoms with van der Waals surface area (Å²) in [6, 6.07) is 3.33. The maximum atomic E-state index is 6.27. The SMILES string of the molecule is CC(C1CCCO1)n1nnnc1-c1cc(N)cc(Cl)c1Cl. The number of nitrogens with zero attached hydrogens (tertiary/aromatic N) is 4. The van der Waals surface area contributed by atoms with E-state index in [1.807, 2.05) is 6.92 Å². The summed E-state index contributed by atoms with van der Waals surface area (Å²) in [5, 5.41) is 12.7. The first-order chi connectivity index (χ1) is 10.1. The number of rotatable bonds is 3. The molecular weight excluding hydrogens is 313 g/mol. The van der Waals surface area contributed by atoms with Crippen molar-refractivity contribution in [3.05, 3.63) is 22.2 Å². The average molecular weight is 328 g/mol. The molecule has 8 heteroatoms. The van der Waals surface area contributed by atoms with E-state index < -0.39 is 0 Å². The zero-order chi connectivity index (χ0) is 15.0. The lowest BCUT2D eigenvalue weighted by atomic mass is 10.1. The molecule has 2 heterocycles. The second kappa shape index (κ2) is 5.79. The third-order valence-corrected chi connectivity index (χ3v) is 4.48. The topological polar surface area (TPSA) is 78.8 Å². The van der Waals surface area contributed by atoms with Crippen LogP contribution in [0.3, 0.4) is 0 Å². The summed E-state index contributed by atoms with van der Waals surface area (Å²) in [4.78, 5) is 0. The van der Waals surface area contributed by atoms with Crippen molar-refractivity contribution in [2.24, 2.45) is 0 Å². The van der Waals surface area contributed by atoms with Gasteiger partial charge in [-0.05, 0) is 42.3 Å². The fourth-order valence-corrected chi connectivity index (χ4v) is 2.98. The Balaban J connectivity index is 2.03. The molecule has 1 aliphatic heterocycles. The van der Waals surface area contributed by atoms with E-state index in [1.54, 1.807) is 16.8 Å². The van der Waals surface area contributed by atoms with Gasteiger partial charge in [0, 0.05) is 17.9 Å². The first-order valence-corrected chi connectivity index (χ1v) is 7.48. The third-order valence-electron chi connectivity index (χ3n) is 3.67. The van der Waals surface area contributed by atoms with Crippen molar-refractivity contribution < 1.29 is 4.74 Å². The van der Waals surface area contributed by atoms with Crippen LogP contribution in [-0.2, 0) is 4.74 Å². The molecule has 6 nitrogen and oxygen atoms in total. The molecule has 0 saturated carbocycles. The minimum atomic E-state index is 0.00812. The summed E-state index contributed by atoms with van der Waals surface area (Å²) in [5.41, 5.74) is 6.97. The van der Waals surface area contributed by atoms with Crippen LogP contribution in [0, 0.1) is 0 Å². The number of nitrogens with two attached hydrogens (primary N) is 1. The van der Waals surface area contributed by atoms with Crippen molar-refractivity contribution in [2.45, 2.75) is 31.9 Å². The molecule has 2 atom stereocenters. The lowest BCUT2D eigenvalue weighted by Crippen LogP contribution is -2.22. The van der Waals surface area contributed by atoms with E-state index in [1.165, 1.54) is 0 Å². The zero-order valence-electron chi connectivity index (χ0n) is 11.5. The number of aromatic nitrogens is 4. The molecule has 1 fully saturated rings. The Kier molecular flexibility index (Phi) is 4.01. The molecule has 2 aromatic rings. The second-order valence-corrected chi connectivity index (χ2v) is 5.89. The van der Waals surface area contributed by atoms with Crippen LogP contribution in [0.4, 0.5) is 5.69 Å². The van der Waals surface area contributed by atoms with Crippen LogP contribution < -0.4 is 5.73 Å². The fourth-order valence-electron chi connectivity index (χ4n) is 2.56. The van der Waals surface area contributed by atoms with Crippen molar-refractivity contribution >= 4 is 28.9 Å². The first-order valence-electron chi connectivity index (χ1n) is 6.72. The summed E-state index contributed by atoms with van der Waals surface area (Å²) in [6.45, 7) is 2.80. The third kappa shape index (κ3) is 2.71. The minimum Gasteiger partial charge on any atom is -0.399 e. The number of ether oxygens (including phenoxy) is 1. The van der Waals surface area contributed by atoms with Gasteiger partial charge in [0.05, 0.1) is 22.2 Å². The maximum absolute atomic E-state index is 6.27. The number of benzene rings is 1. The van der Waals surface area contributed by atoms with Gasteiger partial charge in [-0.15, -0.1) is 5.10 Å². The van der Waals surface area contributed by atoms with Crippen LogP contribution in [0.1, 0.15) is 25.8 Å². The standard InChI is InChI=1S/C13H15Cl2N5O/c1-7(11-3-2-4-21-11)20-13(17-18-19-20)9-5-8(16)6-10(14)12(9)15/h5-7,11H,2-4,16H2,1H3. The molecule has 1 aromatic heterocycles. The molecule has 112 valence electrons. The number of halogens is 2. The van der Waals surface area contributed by atoms with E-state index in [9.17, 15) is 0 Å². The molecule has 0 amide bonds. The molecule has 0 spiro atoms. The van der Waals surface area contributed by atoms with Crippen LogP contribution >= 0.6 is 23.2 Å². The molecule has 0 aliphatic carbocycles. The molecule has 1 saturated heterocycles. The van der Waals surface area contributed by atoms with Crippen molar-refractivity contribution in [1.29, 1.82) is 0 Å². The van der Waals surface area contributed by atoms with E-state index in [0.717, 1.165) is 19.4 Å². The molecule has 0 bridgehead atoms. The van der Waals surface area contributed by atoms with E-state index in [2.05, 4.69) is 15.5 Å². The summed E-state index contributed by atoms with van der Waals surface area (Å²) in [6.07, 6.45) is 2.14. The van der Waals surface area contributed by atoms with E-state index in [0.29, 0.717) is 27.1 Å². The van der Waals surface area contributed by atoms with Gasteiger partial charge in [-0.25, -0.2) is 4.68 Å². The van der Waals surface area contributed by atoms with Crippen molar-refractivity contribution in [1.82, 2.24) is 20.2 Å². The summed E-state index contributed by atoms with van der Waals surface area (Å²) in [7, 11) is 0. The number of hydrogen-bond acceptors (Lipinski definition) is 5. The van der Waals surface area contributed by atoms with E-state index >= 15 is 0 Å². The van der Waals surface area contributed by atoms with Gasteiger partial charge in [0.1, 0.15) is 0 Å². The Bertz CT molecular complexity index is 654. The van der Waals surface area contributed by atoms with Crippen molar-refractivity contribution in [3.63, 3.8) is 0 Å². The van der Waals surface area contributed by atoms with E-state index in [-0.39, 0.29) is 12.1 Å². The largest absolute Gasteiger partial charge is 0.399 e. The lowest BCUT2D eigenvalue weighted by molar-refractivity contribution is 0.0690. The number of nitrogen functional groups attached to an aromatic ring is 1. The van der Waals surface area contributed by atoms with Crippen LogP contribution in [0.25, 0.3) is 11.4 Å². The second-order valence-electron chi connectivity index (χ2n) is 5.10. The van der Waals surface area contributed by atoms with Crippen molar-refractivity contribution in [3.8, 4) is 11.4 Å². The predicted molar refractivity (Wildman–Crippen MR) is 81.4 cm³/mol. The smallest absolute Gasteiger partial charge is 0.184 e. The van der Waals surface area contributed by atoms with Crippen LogP contribution in [0.5, 0.6) is 0 Å². The van der Waals surface area contributed by atoms with Gasteiger partial charge in [0.25, 0.3) is 0 Å².